The van der Waals surface area contributed by atoms with Crippen molar-refractivity contribution in [2.24, 2.45) is 11.3 Å². The van der Waals surface area contributed by atoms with Crippen molar-refractivity contribution < 1.29 is 14.7 Å². The summed E-state index contributed by atoms with van der Waals surface area (Å²) in [4.78, 5) is 29.9. The molecule has 2 aliphatic rings. The van der Waals surface area contributed by atoms with Gasteiger partial charge in [-0.2, -0.15) is 5.10 Å². The van der Waals surface area contributed by atoms with Crippen molar-refractivity contribution in [1.29, 1.82) is 0 Å². The Bertz CT molecular complexity index is 1450. The second-order valence-corrected chi connectivity index (χ2v) is 11.7. The van der Waals surface area contributed by atoms with E-state index in [2.05, 4.69) is 15.4 Å². The largest absolute Gasteiger partial charge is 0.481 e. The maximum atomic E-state index is 13.3. The van der Waals surface area contributed by atoms with Crippen molar-refractivity contribution in [3.05, 3.63) is 70.3 Å². The third-order valence-electron chi connectivity index (χ3n) is 7.42. The maximum Gasteiger partial charge on any atom is 0.303 e. The summed E-state index contributed by atoms with van der Waals surface area (Å²) in [6.07, 6.45) is 7.55. The number of aliphatic carboxylic acids is 1. The third kappa shape index (κ3) is 4.40. The molecule has 7 nitrogen and oxygen atoms in total. The van der Waals surface area contributed by atoms with Gasteiger partial charge in [0.05, 0.1) is 23.8 Å². The highest BCUT2D eigenvalue weighted by molar-refractivity contribution is 7.15. The normalized spacial score (nSPS) is 22.8. The first-order chi connectivity index (χ1) is 17.4. The van der Waals surface area contributed by atoms with Crippen LogP contribution in [-0.2, 0) is 11.3 Å². The molecular formula is C27H25ClN4O3S. The molecule has 6 rings (SSSR count). The molecule has 0 aliphatic heterocycles. The van der Waals surface area contributed by atoms with Crippen LogP contribution in [0.3, 0.4) is 0 Å². The number of carboxylic acid groups (broad SMARTS) is 1. The Morgan fingerprint density at radius 1 is 1.14 bits per heavy atom. The van der Waals surface area contributed by atoms with E-state index in [1.165, 1.54) is 0 Å². The topological polar surface area (TPSA) is 97.1 Å². The van der Waals surface area contributed by atoms with Crippen LogP contribution in [0, 0.1) is 11.3 Å². The average molecular weight is 521 g/mol. The Kier molecular flexibility index (Phi) is 5.80. The number of carbonyl (C=O) groups excluding carboxylic acids is 1. The predicted octanol–water partition coefficient (Wildman–Crippen LogP) is 5.62. The minimum atomic E-state index is -0.727. The van der Waals surface area contributed by atoms with Crippen LogP contribution in [0.5, 0.6) is 0 Å². The summed E-state index contributed by atoms with van der Waals surface area (Å²) in [5.74, 6) is -0.606. The van der Waals surface area contributed by atoms with Crippen molar-refractivity contribution in [2.75, 3.05) is 0 Å². The quantitative estimate of drug-likeness (QED) is 0.329. The molecule has 2 aromatic carbocycles. The maximum absolute atomic E-state index is 13.3. The third-order valence-corrected chi connectivity index (χ3v) is 8.67. The molecule has 2 fully saturated rings. The molecule has 0 radical (unpaired) electrons. The average Bonchev–Trinajstić information content (AvgIpc) is 3.43. The Balaban J connectivity index is 1.18. The number of halogens is 1. The van der Waals surface area contributed by atoms with E-state index < -0.39 is 5.97 Å². The summed E-state index contributed by atoms with van der Waals surface area (Å²) in [5, 5.41) is 19.0. The highest BCUT2D eigenvalue weighted by atomic mass is 35.5. The van der Waals surface area contributed by atoms with E-state index in [9.17, 15) is 9.59 Å². The number of aromatic nitrogens is 3. The lowest BCUT2D eigenvalue weighted by Crippen LogP contribution is -2.56. The molecule has 2 saturated carbocycles. The standard InChI is InChI=1S/C27H25ClN4O3S/c28-19-7-18-13-30-32(15-21-14-29-26(36-21)17-4-2-1-3-5-17)24(18)22(8-19)25(35)31-20-11-27(12-20)9-16(10-27)6-23(33)34/h1-5,7-8,13-14,16,20H,6,9-12,15H2,(H,31,35)(H,33,34). The van der Waals surface area contributed by atoms with E-state index in [1.54, 1.807) is 23.6 Å². The van der Waals surface area contributed by atoms with Crippen LogP contribution in [0.15, 0.2) is 54.9 Å². The zero-order valence-electron chi connectivity index (χ0n) is 19.5. The summed E-state index contributed by atoms with van der Waals surface area (Å²) in [6.45, 7) is 0.507. The molecule has 4 aromatic rings. The Morgan fingerprint density at radius 3 is 2.67 bits per heavy atom. The Hall–Kier alpha value is -3.23. The van der Waals surface area contributed by atoms with Gasteiger partial charge >= 0.3 is 5.97 Å². The van der Waals surface area contributed by atoms with Gasteiger partial charge in [0.25, 0.3) is 5.91 Å². The molecule has 0 unspecified atom stereocenters. The van der Waals surface area contributed by atoms with Crippen molar-refractivity contribution in [3.63, 3.8) is 0 Å². The zero-order valence-corrected chi connectivity index (χ0v) is 21.1. The molecule has 0 atom stereocenters. The molecule has 2 aromatic heterocycles. The van der Waals surface area contributed by atoms with Crippen molar-refractivity contribution in [2.45, 2.75) is 44.7 Å². The second-order valence-electron chi connectivity index (χ2n) is 10.1. The first-order valence-corrected chi connectivity index (χ1v) is 13.2. The number of fused-ring (bicyclic) bond motifs is 1. The minimum absolute atomic E-state index is 0.101. The fourth-order valence-electron chi connectivity index (χ4n) is 5.97. The molecule has 184 valence electrons. The summed E-state index contributed by atoms with van der Waals surface area (Å²) >= 11 is 7.97. The monoisotopic (exact) mass is 520 g/mol. The molecule has 0 bridgehead atoms. The van der Waals surface area contributed by atoms with Gasteiger partial charge in [-0.1, -0.05) is 41.9 Å². The minimum Gasteiger partial charge on any atom is -0.481 e. The van der Waals surface area contributed by atoms with Crippen molar-refractivity contribution in [3.8, 4) is 10.6 Å². The molecule has 2 heterocycles. The van der Waals surface area contributed by atoms with E-state index in [0.717, 1.165) is 52.0 Å². The lowest BCUT2D eigenvalue weighted by atomic mass is 9.49. The van der Waals surface area contributed by atoms with Gasteiger partial charge in [-0.05, 0) is 49.1 Å². The van der Waals surface area contributed by atoms with Gasteiger partial charge in [0.15, 0.2) is 0 Å². The van der Waals surface area contributed by atoms with E-state index >= 15 is 0 Å². The second kappa shape index (κ2) is 9.01. The fraction of sp³-hybridized carbons (Fsp3) is 0.333. The van der Waals surface area contributed by atoms with Crippen LogP contribution >= 0.6 is 22.9 Å². The van der Waals surface area contributed by atoms with E-state index in [1.807, 2.05) is 47.3 Å². The summed E-state index contributed by atoms with van der Waals surface area (Å²) < 4.78 is 1.84. The number of benzene rings is 2. The van der Waals surface area contributed by atoms with Crippen LogP contribution in [-0.4, -0.2) is 37.8 Å². The molecule has 2 N–H and O–H groups in total. The van der Waals surface area contributed by atoms with Crippen LogP contribution in [0.2, 0.25) is 5.02 Å². The number of hydrogen-bond donors (Lipinski definition) is 2. The number of nitrogens with zero attached hydrogens (tertiary/aromatic N) is 3. The van der Waals surface area contributed by atoms with Gasteiger partial charge in [0, 0.05) is 39.5 Å². The van der Waals surface area contributed by atoms with Crippen LogP contribution in [0.1, 0.15) is 47.3 Å². The highest BCUT2D eigenvalue weighted by Gasteiger charge is 2.53. The first kappa shape index (κ1) is 23.2. The van der Waals surface area contributed by atoms with Gasteiger partial charge in [0.2, 0.25) is 0 Å². The molecule has 36 heavy (non-hydrogen) atoms. The van der Waals surface area contributed by atoms with Gasteiger partial charge < -0.3 is 10.4 Å². The van der Waals surface area contributed by atoms with Gasteiger partial charge in [-0.15, -0.1) is 11.3 Å². The number of carbonyl (C=O) groups is 2. The number of rotatable bonds is 7. The van der Waals surface area contributed by atoms with E-state index in [4.69, 9.17) is 16.7 Å². The van der Waals surface area contributed by atoms with Crippen molar-refractivity contribution >= 4 is 45.7 Å². The molecular weight excluding hydrogens is 496 g/mol. The number of thiazole rings is 1. The number of carboxylic acids is 1. The molecule has 2 aliphatic carbocycles. The number of nitrogens with one attached hydrogen (secondary N) is 1. The summed E-state index contributed by atoms with van der Waals surface area (Å²) in [7, 11) is 0. The van der Waals surface area contributed by atoms with Gasteiger partial charge in [-0.3, -0.25) is 14.3 Å². The number of hydrogen-bond acceptors (Lipinski definition) is 5. The van der Waals surface area contributed by atoms with Crippen LogP contribution in [0.25, 0.3) is 21.5 Å². The zero-order chi connectivity index (χ0) is 24.9. The molecule has 1 spiro atoms. The lowest BCUT2D eigenvalue weighted by Gasteiger charge is -2.57. The van der Waals surface area contributed by atoms with E-state index in [-0.39, 0.29) is 29.7 Å². The van der Waals surface area contributed by atoms with Crippen LogP contribution in [0.4, 0.5) is 0 Å². The Labute approximate surface area is 217 Å². The fourth-order valence-corrected chi connectivity index (χ4v) is 7.10. The summed E-state index contributed by atoms with van der Waals surface area (Å²) in [5.41, 5.74) is 2.56. The lowest BCUT2D eigenvalue weighted by molar-refractivity contribution is -0.142. The molecule has 9 heteroatoms. The molecule has 0 saturated heterocycles. The number of amides is 1. The van der Waals surface area contributed by atoms with E-state index in [0.29, 0.717) is 17.1 Å². The van der Waals surface area contributed by atoms with Gasteiger partial charge in [0.1, 0.15) is 5.01 Å². The summed E-state index contributed by atoms with van der Waals surface area (Å²) in [6, 6.07) is 13.7. The Morgan fingerprint density at radius 2 is 1.92 bits per heavy atom. The first-order valence-electron chi connectivity index (χ1n) is 12.1. The highest BCUT2D eigenvalue weighted by Crippen LogP contribution is 2.59. The van der Waals surface area contributed by atoms with Crippen molar-refractivity contribution in [1.82, 2.24) is 20.1 Å². The smallest absolute Gasteiger partial charge is 0.303 e. The van der Waals surface area contributed by atoms with Gasteiger partial charge in [-0.25, -0.2) is 4.98 Å². The predicted molar refractivity (Wildman–Crippen MR) is 139 cm³/mol. The SMILES string of the molecule is O=C(O)CC1CC2(C1)CC(NC(=O)c1cc(Cl)cc3cnn(Cc4cnc(-c5ccccc5)s4)c13)C2. The van der Waals surface area contributed by atoms with Crippen LogP contribution < -0.4 is 5.32 Å². The molecule has 1 amide bonds.